The smallest absolute Gasteiger partial charge is 0.330 e. The maximum absolute atomic E-state index is 13.5. The fourth-order valence-corrected chi connectivity index (χ4v) is 4.24. The average Bonchev–Trinajstić information content (AvgIpc) is 3.18. The third kappa shape index (κ3) is 10.1. The van der Waals surface area contributed by atoms with Gasteiger partial charge >= 0.3 is 11.7 Å². The third-order valence-electron chi connectivity index (χ3n) is 6.33. The van der Waals surface area contributed by atoms with Gasteiger partial charge in [-0.15, -0.1) is 0 Å². The second-order valence-electron chi connectivity index (χ2n) is 9.25. The van der Waals surface area contributed by atoms with Crippen LogP contribution >= 0.6 is 0 Å². The van der Waals surface area contributed by atoms with E-state index in [2.05, 4.69) is 6.92 Å². The van der Waals surface area contributed by atoms with Crippen molar-refractivity contribution in [2.24, 2.45) is 0 Å². The molecule has 0 bridgehead atoms. The quantitative estimate of drug-likeness (QED) is 0.251. The molecule has 34 heavy (non-hydrogen) atoms. The number of unbranched alkanes of at least 4 members (excludes halogenated alkanes) is 12. The molecule has 1 aromatic rings. The molecule has 194 valence electrons. The maximum atomic E-state index is 13.5. The lowest BCUT2D eigenvalue weighted by Gasteiger charge is -2.16. The molecule has 0 spiro atoms. The fraction of sp³-hybridized carbons (Fsp3) is 0.800. The van der Waals surface area contributed by atoms with Crippen molar-refractivity contribution in [1.82, 2.24) is 9.55 Å². The van der Waals surface area contributed by atoms with E-state index in [1.165, 1.54) is 64.2 Å². The summed E-state index contributed by atoms with van der Waals surface area (Å²) >= 11 is 0. The summed E-state index contributed by atoms with van der Waals surface area (Å²) in [6, 6.07) is 0. The Morgan fingerprint density at radius 3 is 2.21 bits per heavy atom. The van der Waals surface area contributed by atoms with E-state index in [4.69, 9.17) is 9.47 Å². The molecule has 9 heteroatoms. The fourth-order valence-electron chi connectivity index (χ4n) is 4.24. The van der Waals surface area contributed by atoms with Crippen LogP contribution in [0, 0.1) is 5.82 Å². The molecule has 8 nitrogen and oxygen atoms in total. The molecule has 1 aliphatic heterocycles. The first-order valence-corrected chi connectivity index (χ1v) is 12.9. The van der Waals surface area contributed by atoms with Gasteiger partial charge < -0.3 is 14.6 Å². The number of hydrogen-bond donors (Lipinski definition) is 2. The van der Waals surface area contributed by atoms with Crippen molar-refractivity contribution in [3.8, 4) is 0 Å². The van der Waals surface area contributed by atoms with E-state index in [0.717, 1.165) is 30.0 Å². The van der Waals surface area contributed by atoms with E-state index < -0.39 is 35.5 Å². The van der Waals surface area contributed by atoms with Crippen molar-refractivity contribution in [3.63, 3.8) is 0 Å². The Kier molecular flexibility index (Phi) is 13.1. The molecule has 1 fully saturated rings. The minimum atomic E-state index is -1.12. The zero-order valence-electron chi connectivity index (χ0n) is 20.4. The molecule has 1 aromatic heterocycles. The number of esters is 1. The molecule has 3 atom stereocenters. The van der Waals surface area contributed by atoms with Crippen LogP contribution in [0.25, 0.3) is 0 Å². The zero-order valence-corrected chi connectivity index (χ0v) is 20.4. The summed E-state index contributed by atoms with van der Waals surface area (Å²) in [5.41, 5.74) is -1.94. The molecule has 0 aliphatic carbocycles. The monoisotopic (exact) mass is 484 g/mol. The van der Waals surface area contributed by atoms with Gasteiger partial charge in [-0.05, 0) is 6.42 Å². The van der Waals surface area contributed by atoms with Crippen LogP contribution in [0.2, 0.25) is 0 Å². The summed E-state index contributed by atoms with van der Waals surface area (Å²) in [7, 11) is 0. The summed E-state index contributed by atoms with van der Waals surface area (Å²) in [6.45, 7) is 2.10. The third-order valence-corrected chi connectivity index (χ3v) is 6.33. The number of carbonyl (C=O) groups is 1. The topological polar surface area (TPSA) is 111 Å². The van der Waals surface area contributed by atoms with Crippen LogP contribution in [-0.4, -0.2) is 39.4 Å². The number of ether oxygens (including phenoxy) is 2. The first-order valence-electron chi connectivity index (χ1n) is 12.9. The van der Waals surface area contributed by atoms with Gasteiger partial charge in [0.2, 0.25) is 5.82 Å². The molecule has 0 radical (unpaired) electrons. The molecule has 1 saturated heterocycles. The second-order valence-corrected chi connectivity index (χ2v) is 9.25. The van der Waals surface area contributed by atoms with E-state index in [9.17, 15) is 23.9 Å². The standard InChI is InChI=1S/C25H41FN2O6/c1-2-3-4-5-6-7-8-9-10-11-12-13-14-15-23(30)33-18-21-20(29)16-22(34-21)28-17-19(26)24(31)27-25(28)32/h17,20-22,29H,2-16,18H2,1H3,(H,27,31,32)/t20-,21+,22+/m0/s1. The zero-order chi connectivity index (χ0) is 24.8. The van der Waals surface area contributed by atoms with Crippen molar-refractivity contribution in [2.45, 2.75) is 122 Å². The van der Waals surface area contributed by atoms with Gasteiger partial charge in [0.25, 0.3) is 5.56 Å². The van der Waals surface area contributed by atoms with Crippen molar-refractivity contribution < 1.29 is 23.8 Å². The number of aliphatic hydroxyl groups excluding tert-OH is 1. The van der Waals surface area contributed by atoms with Gasteiger partial charge in [-0.25, -0.2) is 4.79 Å². The number of nitrogens with one attached hydrogen (secondary N) is 1. The van der Waals surface area contributed by atoms with Crippen LogP contribution in [-0.2, 0) is 14.3 Å². The number of halogens is 1. The summed E-state index contributed by atoms with van der Waals surface area (Å²) in [6.07, 6.45) is 14.3. The van der Waals surface area contributed by atoms with Gasteiger partial charge in [0.15, 0.2) is 0 Å². The number of hydrogen-bond acceptors (Lipinski definition) is 6. The van der Waals surface area contributed by atoms with E-state index in [1.54, 1.807) is 0 Å². The van der Waals surface area contributed by atoms with Crippen LogP contribution in [0.3, 0.4) is 0 Å². The Balaban J connectivity index is 1.51. The van der Waals surface area contributed by atoms with E-state index >= 15 is 0 Å². The highest BCUT2D eigenvalue weighted by Crippen LogP contribution is 2.28. The van der Waals surface area contributed by atoms with E-state index in [1.807, 2.05) is 4.98 Å². The Morgan fingerprint density at radius 2 is 1.62 bits per heavy atom. The average molecular weight is 485 g/mol. The number of rotatable bonds is 17. The highest BCUT2D eigenvalue weighted by molar-refractivity contribution is 5.69. The SMILES string of the molecule is CCCCCCCCCCCCCCCC(=O)OC[C@H]1O[C@@H](n2cc(F)c(=O)[nH]c2=O)C[C@@H]1O. The van der Waals surface area contributed by atoms with Gasteiger partial charge in [0.1, 0.15) is 18.9 Å². The maximum Gasteiger partial charge on any atom is 0.330 e. The van der Waals surface area contributed by atoms with Crippen molar-refractivity contribution in [3.05, 3.63) is 32.9 Å². The number of carbonyl (C=O) groups excluding carboxylic acids is 1. The Hall–Kier alpha value is -2.00. The normalized spacial score (nSPS) is 20.0. The molecule has 0 amide bonds. The number of aliphatic hydroxyl groups is 1. The summed E-state index contributed by atoms with van der Waals surface area (Å²) in [4.78, 5) is 36.9. The first kappa shape index (κ1) is 28.2. The lowest BCUT2D eigenvalue weighted by Crippen LogP contribution is -2.34. The Morgan fingerprint density at radius 1 is 1.06 bits per heavy atom. The molecular formula is C25H41FN2O6. The molecule has 2 heterocycles. The van der Waals surface area contributed by atoms with Crippen molar-refractivity contribution >= 4 is 5.97 Å². The number of aromatic amines is 1. The number of aromatic nitrogens is 2. The van der Waals surface area contributed by atoms with E-state index in [-0.39, 0.29) is 19.0 Å². The van der Waals surface area contributed by atoms with Gasteiger partial charge in [0, 0.05) is 12.8 Å². The van der Waals surface area contributed by atoms with Gasteiger partial charge in [-0.2, -0.15) is 4.39 Å². The van der Waals surface area contributed by atoms with Crippen molar-refractivity contribution in [1.29, 1.82) is 0 Å². The first-order chi connectivity index (χ1) is 16.4. The largest absolute Gasteiger partial charge is 0.463 e. The second kappa shape index (κ2) is 15.8. The van der Waals surface area contributed by atoms with Crippen LogP contribution in [0.15, 0.2) is 15.8 Å². The minimum Gasteiger partial charge on any atom is -0.463 e. The number of H-pyrrole nitrogens is 1. The molecule has 0 unspecified atom stereocenters. The van der Waals surface area contributed by atoms with Crippen molar-refractivity contribution in [2.75, 3.05) is 6.61 Å². The van der Waals surface area contributed by atoms with Crippen LogP contribution in [0.4, 0.5) is 4.39 Å². The Labute approximate surface area is 200 Å². The minimum absolute atomic E-state index is 0.0203. The predicted molar refractivity (Wildman–Crippen MR) is 127 cm³/mol. The van der Waals surface area contributed by atoms with Crippen LogP contribution in [0.1, 0.15) is 109 Å². The molecular weight excluding hydrogens is 443 g/mol. The molecule has 0 saturated carbocycles. The van der Waals surface area contributed by atoms with Gasteiger partial charge in [-0.3, -0.25) is 19.1 Å². The van der Waals surface area contributed by atoms with Gasteiger partial charge in [0.05, 0.1) is 12.3 Å². The van der Waals surface area contributed by atoms with Crippen LogP contribution in [0.5, 0.6) is 0 Å². The van der Waals surface area contributed by atoms with Gasteiger partial charge in [-0.1, -0.05) is 84.0 Å². The lowest BCUT2D eigenvalue weighted by atomic mass is 10.0. The summed E-state index contributed by atoms with van der Waals surface area (Å²) < 4.78 is 25.1. The highest BCUT2D eigenvalue weighted by atomic mass is 19.1. The summed E-state index contributed by atoms with van der Waals surface area (Å²) in [5, 5.41) is 10.1. The molecule has 2 N–H and O–H groups in total. The predicted octanol–water partition coefficient (Wildman–Crippen LogP) is 4.35. The molecule has 1 aliphatic rings. The highest BCUT2D eigenvalue weighted by Gasteiger charge is 2.36. The van der Waals surface area contributed by atoms with Crippen LogP contribution < -0.4 is 11.2 Å². The summed E-state index contributed by atoms with van der Waals surface area (Å²) in [5.74, 6) is -1.47. The number of nitrogens with zero attached hydrogens (tertiary/aromatic N) is 1. The Bertz CT molecular complexity index is 839. The lowest BCUT2D eigenvalue weighted by molar-refractivity contribution is -0.150. The molecule has 0 aromatic carbocycles. The van der Waals surface area contributed by atoms with E-state index in [0.29, 0.717) is 6.42 Å². The molecule has 2 rings (SSSR count).